The molecule has 0 aliphatic carbocycles. The van der Waals surface area contributed by atoms with Crippen LogP contribution in [-0.2, 0) is 6.18 Å². The number of carbonyl (C=O) groups is 1. The van der Waals surface area contributed by atoms with Crippen LogP contribution in [0.5, 0.6) is 0 Å². The van der Waals surface area contributed by atoms with Crippen molar-refractivity contribution in [2.24, 2.45) is 0 Å². The molecule has 0 radical (unpaired) electrons. The summed E-state index contributed by atoms with van der Waals surface area (Å²) < 4.78 is 50.8. The summed E-state index contributed by atoms with van der Waals surface area (Å²) in [4.78, 5) is 11.9. The molecule has 110 valence electrons. The van der Waals surface area contributed by atoms with Crippen molar-refractivity contribution in [3.05, 3.63) is 35.1 Å². The molecule has 3 nitrogen and oxygen atoms in total. The molecule has 1 amide bonds. The van der Waals surface area contributed by atoms with Crippen LogP contribution < -0.4 is 5.43 Å². The van der Waals surface area contributed by atoms with Crippen LogP contribution >= 0.6 is 0 Å². The predicted octanol–water partition coefficient (Wildman–Crippen LogP) is 2.98. The zero-order valence-electron chi connectivity index (χ0n) is 10.6. The molecule has 0 spiro atoms. The van der Waals surface area contributed by atoms with Crippen molar-refractivity contribution < 1.29 is 22.4 Å². The zero-order chi connectivity index (χ0) is 14.8. The Bertz CT molecular complexity index is 496. The maximum atomic E-state index is 13.1. The molecule has 0 aromatic heterocycles. The Labute approximate surface area is 113 Å². The lowest BCUT2D eigenvalue weighted by atomic mass is 10.1. The van der Waals surface area contributed by atoms with Crippen molar-refractivity contribution in [1.29, 1.82) is 0 Å². The highest BCUT2D eigenvalue weighted by Gasteiger charge is 2.34. The lowest BCUT2D eigenvalue weighted by molar-refractivity contribution is -0.140. The summed E-state index contributed by atoms with van der Waals surface area (Å²) in [5.41, 5.74) is 0.906. The van der Waals surface area contributed by atoms with Crippen molar-refractivity contribution >= 4 is 5.91 Å². The van der Waals surface area contributed by atoms with Crippen LogP contribution in [0.2, 0.25) is 0 Å². The van der Waals surface area contributed by atoms with Gasteiger partial charge < -0.3 is 0 Å². The molecule has 1 aromatic carbocycles. The Balaban J connectivity index is 2.13. The minimum absolute atomic E-state index is 0.204. The van der Waals surface area contributed by atoms with Crippen molar-refractivity contribution in [2.45, 2.75) is 25.4 Å². The van der Waals surface area contributed by atoms with E-state index in [0.29, 0.717) is 25.2 Å². The normalized spacial score (nSPS) is 17.0. The molecule has 0 saturated carbocycles. The number of hydrazine groups is 1. The van der Waals surface area contributed by atoms with Crippen LogP contribution in [0.25, 0.3) is 0 Å². The number of nitrogens with zero attached hydrogens (tertiary/aromatic N) is 1. The fourth-order valence-corrected chi connectivity index (χ4v) is 2.10. The first-order valence-electron chi connectivity index (χ1n) is 6.30. The van der Waals surface area contributed by atoms with E-state index in [1.54, 1.807) is 5.01 Å². The number of benzene rings is 1. The van der Waals surface area contributed by atoms with Crippen molar-refractivity contribution in [1.82, 2.24) is 10.4 Å². The number of piperidine rings is 1. The van der Waals surface area contributed by atoms with Gasteiger partial charge in [-0.05, 0) is 31.0 Å². The van der Waals surface area contributed by atoms with Gasteiger partial charge in [-0.15, -0.1) is 0 Å². The molecule has 20 heavy (non-hydrogen) atoms. The quantitative estimate of drug-likeness (QED) is 0.849. The van der Waals surface area contributed by atoms with Gasteiger partial charge in [-0.3, -0.25) is 10.2 Å². The Kier molecular flexibility index (Phi) is 4.27. The third kappa shape index (κ3) is 3.47. The first-order valence-corrected chi connectivity index (χ1v) is 6.30. The molecule has 1 aromatic rings. The van der Waals surface area contributed by atoms with Gasteiger partial charge in [0.15, 0.2) is 0 Å². The Morgan fingerprint density at radius 1 is 1.15 bits per heavy atom. The number of amides is 1. The highest BCUT2D eigenvalue weighted by Crippen LogP contribution is 2.31. The van der Waals surface area contributed by atoms with Crippen LogP contribution in [0.4, 0.5) is 17.6 Å². The second-order valence-corrected chi connectivity index (χ2v) is 4.68. The zero-order valence-corrected chi connectivity index (χ0v) is 10.6. The average Bonchev–Trinajstić information content (AvgIpc) is 2.39. The summed E-state index contributed by atoms with van der Waals surface area (Å²) in [5.74, 6) is -2.04. The topological polar surface area (TPSA) is 32.3 Å². The number of hydrogen-bond donors (Lipinski definition) is 1. The summed E-state index contributed by atoms with van der Waals surface area (Å²) in [6.07, 6.45) is -1.89. The molecule has 1 saturated heterocycles. The highest BCUT2D eigenvalue weighted by atomic mass is 19.4. The summed E-state index contributed by atoms with van der Waals surface area (Å²) in [7, 11) is 0. The molecule has 7 heteroatoms. The molecule has 0 unspecified atom stereocenters. The Morgan fingerprint density at radius 3 is 2.40 bits per heavy atom. The summed E-state index contributed by atoms with van der Waals surface area (Å²) in [6, 6.07) is 2.24. The van der Waals surface area contributed by atoms with E-state index in [1.165, 1.54) is 0 Å². The van der Waals surface area contributed by atoms with E-state index in [-0.39, 0.29) is 5.56 Å². The minimum atomic E-state index is -4.81. The maximum absolute atomic E-state index is 13.1. The number of nitrogens with one attached hydrogen (secondary N) is 1. The second kappa shape index (κ2) is 5.78. The fraction of sp³-hybridized carbons (Fsp3) is 0.462. The molecule has 1 heterocycles. The first kappa shape index (κ1) is 14.8. The number of rotatable bonds is 2. The van der Waals surface area contributed by atoms with Crippen LogP contribution in [0.15, 0.2) is 18.2 Å². The number of carbonyl (C=O) groups excluding carboxylic acids is 1. The monoisotopic (exact) mass is 290 g/mol. The standard InChI is InChI=1S/C13H14F4N2O/c14-11-5-4-9(8-10(11)13(15,16)17)12(20)18-19-6-2-1-3-7-19/h4-5,8H,1-3,6-7H2,(H,18,20). The largest absolute Gasteiger partial charge is 0.419 e. The van der Waals surface area contributed by atoms with E-state index in [2.05, 4.69) is 5.43 Å². The van der Waals surface area contributed by atoms with Crippen molar-refractivity contribution in [3.8, 4) is 0 Å². The van der Waals surface area contributed by atoms with E-state index < -0.39 is 23.5 Å². The van der Waals surface area contributed by atoms with Gasteiger partial charge in [0.1, 0.15) is 5.82 Å². The van der Waals surface area contributed by atoms with E-state index in [9.17, 15) is 22.4 Å². The van der Waals surface area contributed by atoms with Gasteiger partial charge in [0.2, 0.25) is 0 Å². The van der Waals surface area contributed by atoms with Gasteiger partial charge >= 0.3 is 6.18 Å². The van der Waals surface area contributed by atoms with Gasteiger partial charge in [-0.1, -0.05) is 6.42 Å². The lowest BCUT2D eigenvalue weighted by Crippen LogP contribution is -2.45. The Morgan fingerprint density at radius 2 is 1.80 bits per heavy atom. The molecular weight excluding hydrogens is 276 g/mol. The molecule has 2 rings (SSSR count). The lowest BCUT2D eigenvalue weighted by Gasteiger charge is -2.26. The summed E-state index contributed by atoms with van der Waals surface area (Å²) >= 11 is 0. The van der Waals surface area contributed by atoms with Gasteiger partial charge in [-0.25, -0.2) is 9.40 Å². The van der Waals surface area contributed by atoms with Gasteiger partial charge in [-0.2, -0.15) is 13.2 Å². The molecule has 1 aliphatic heterocycles. The summed E-state index contributed by atoms with van der Waals surface area (Å²) in [6.45, 7) is 1.33. The average molecular weight is 290 g/mol. The second-order valence-electron chi connectivity index (χ2n) is 4.68. The van der Waals surface area contributed by atoms with Crippen LogP contribution in [0.3, 0.4) is 0 Å². The van der Waals surface area contributed by atoms with Gasteiger partial charge in [0, 0.05) is 18.7 Å². The Hall–Kier alpha value is -1.63. The van der Waals surface area contributed by atoms with E-state index in [1.807, 2.05) is 0 Å². The first-order chi connectivity index (χ1) is 9.38. The molecule has 1 N–H and O–H groups in total. The van der Waals surface area contributed by atoms with Crippen LogP contribution in [0.1, 0.15) is 35.2 Å². The van der Waals surface area contributed by atoms with E-state index in [0.717, 1.165) is 25.3 Å². The predicted molar refractivity (Wildman–Crippen MR) is 64.3 cm³/mol. The summed E-state index contributed by atoms with van der Waals surface area (Å²) in [5, 5.41) is 1.67. The number of halogens is 4. The molecule has 1 aliphatic rings. The fourth-order valence-electron chi connectivity index (χ4n) is 2.10. The maximum Gasteiger partial charge on any atom is 0.419 e. The third-order valence-electron chi connectivity index (χ3n) is 3.15. The van der Waals surface area contributed by atoms with E-state index >= 15 is 0 Å². The minimum Gasteiger partial charge on any atom is -0.285 e. The smallest absolute Gasteiger partial charge is 0.285 e. The SMILES string of the molecule is O=C(NN1CCCCC1)c1ccc(F)c(C(F)(F)F)c1. The van der Waals surface area contributed by atoms with Gasteiger partial charge in [0.25, 0.3) is 5.91 Å². The van der Waals surface area contributed by atoms with Crippen molar-refractivity contribution in [2.75, 3.05) is 13.1 Å². The van der Waals surface area contributed by atoms with Gasteiger partial charge in [0.05, 0.1) is 5.56 Å². The molecule has 0 bridgehead atoms. The van der Waals surface area contributed by atoms with Crippen molar-refractivity contribution in [3.63, 3.8) is 0 Å². The van der Waals surface area contributed by atoms with Crippen LogP contribution in [-0.4, -0.2) is 24.0 Å². The van der Waals surface area contributed by atoms with Crippen LogP contribution in [0, 0.1) is 5.82 Å². The highest BCUT2D eigenvalue weighted by molar-refractivity contribution is 5.94. The molecular formula is C13H14F4N2O. The third-order valence-corrected chi connectivity index (χ3v) is 3.15. The molecule has 0 atom stereocenters. The number of hydrogen-bond acceptors (Lipinski definition) is 2. The van der Waals surface area contributed by atoms with E-state index in [4.69, 9.17) is 0 Å². The number of alkyl halides is 3. The molecule has 1 fully saturated rings.